The normalized spacial score (nSPS) is 16.6. The van der Waals surface area contributed by atoms with Gasteiger partial charge in [0, 0.05) is 31.1 Å². The molecule has 1 fully saturated rings. The highest BCUT2D eigenvalue weighted by atomic mass is 19.1. The van der Waals surface area contributed by atoms with E-state index in [0.29, 0.717) is 34.0 Å². The molecule has 2 N–H and O–H groups in total. The van der Waals surface area contributed by atoms with Gasteiger partial charge in [-0.25, -0.2) is 19.3 Å². The van der Waals surface area contributed by atoms with Crippen LogP contribution in [0.1, 0.15) is 38.4 Å². The number of ether oxygens (including phenoxy) is 2. The number of nitrogens with zero attached hydrogens (tertiary/aromatic N) is 6. The van der Waals surface area contributed by atoms with Crippen LogP contribution in [0.25, 0.3) is 16.6 Å². The summed E-state index contributed by atoms with van der Waals surface area (Å²) in [4.78, 5) is 15.8. The number of methoxy groups -OCH3 is 1. The smallest absolute Gasteiger partial charge is 0.223 e. The number of halogens is 1. The van der Waals surface area contributed by atoms with Crippen molar-refractivity contribution in [3.63, 3.8) is 0 Å². The lowest BCUT2D eigenvalue weighted by Crippen LogP contribution is -2.34. The van der Waals surface area contributed by atoms with Crippen molar-refractivity contribution in [1.82, 2.24) is 24.6 Å². The third-order valence-corrected chi connectivity index (χ3v) is 5.80. The summed E-state index contributed by atoms with van der Waals surface area (Å²) in [5, 5.41) is 5.15. The fourth-order valence-corrected chi connectivity index (χ4v) is 4.31. The zero-order valence-corrected chi connectivity index (χ0v) is 18.8. The van der Waals surface area contributed by atoms with Gasteiger partial charge in [-0.1, -0.05) is 0 Å². The number of rotatable bonds is 5. The van der Waals surface area contributed by atoms with Gasteiger partial charge in [0.05, 0.1) is 30.5 Å². The molecule has 172 valence electrons. The van der Waals surface area contributed by atoms with Crippen LogP contribution in [-0.4, -0.2) is 50.9 Å². The molecule has 0 amide bonds. The number of pyridine rings is 1. The highest BCUT2D eigenvalue weighted by Crippen LogP contribution is 2.32. The number of nitrogen functional groups attached to an aromatic ring is 1. The van der Waals surface area contributed by atoms with Crippen molar-refractivity contribution in [3.8, 4) is 11.6 Å². The van der Waals surface area contributed by atoms with Gasteiger partial charge in [0.2, 0.25) is 11.8 Å². The number of anilines is 2. The Morgan fingerprint density at radius 3 is 2.79 bits per heavy atom. The monoisotopic (exact) mass is 451 g/mol. The highest BCUT2D eigenvalue weighted by Gasteiger charge is 2.26. The van der Waals surface area contributed by atoms with Crippen LogP contribution < -0.4 is 20.1 Å². The van der Waals surface area contributed by atoms with Gasteiger partial charge in [0.25, 0.3) is 0 Å². The summed E-state index contributed by atoms with van der Waals surface area (Å²) in [7, 11) is 1.47. The molecule has 33 heavy (non-hydrogen) atoms. The van der Waals surface area contributed by atoms with E-state index in [2.05, 4.69) is 20.0 Å². The molecule has 3 aromatic heterocycles. The molecule has 0 spiro atoms. The first-order valence-electron chi connectivity index (χ1n) is 11.0. The average molecular weight is 452 g/mol. The van der Waals surface area contributed by atoms with Gasteiger partial charge in [-0.2, -0.15) is 4.52 Å². The Balaban J connectivity index is 1.47. The Hall–Kier alpha value is -3.69. The van der Waals surface area contributed by atoms with Crippen molar-refractivity contribution < 1.29 is 13.9 Å². The van der Waals surface area contributed by atoms with Crippen molar-refractivity contribution in [2.45, 2.75) is 38.7 Å². The van der Waals surface area contributed by atoms with Crippen molar-refractivity contribution in [2.24, 2.45) is 0 Å². The molecule has 5 rings (SSSR count). The molecule has 0 aliphatic carbocycles. The predicted molar refractivity (Wildman–Crippen MR) is 123 cm³/mol. The summed E-state index contributed by atoms with van der Waals surface area (Å²) in [6, 6.07) is 6.59. The van der Waals surface area contributed by atoms with Gasteiger partial charge in [0.1, 0.15) is 17.1 Å². The zero-order valence-electron chi connectivity index (χ0n) is 18.8. The first kappa shape index (κ1) is 21.2. The van der Waals surface area contributed by atoms with Crippen molar-refractivity contribution in [1.29, 1.82) is 0 Å². The van der Waals surface area contributed by atoms with Gasteiger partial charge < -0.3 is 20.1 Å². The number of benzene rings is 1. The van der Waals surface area contributed by atoms with Crippen LogP contribution in [-0.2, 0) is 0 Å². The zero-order chi connectivity index (χ0) is 23.1. The average Bonchev–Trinajstić information content (AvgIpc) is 3.26. The van der Waals surface area contributed by atoms with E-state index in [1.54, 1.807) is 0 Å². The number of fused-ring (bicyclic) bond motifs is 3. The molecule has 4 aromatic rings. The Bertz CT molecular complexity index is 1310. The van der Waals surface area contributed by atoms with E-state index in [0.717, 1.165) is 31.6 Å². The Morgan fingerprint density at radius 2 is 2.06 bits per heavy atom. The molecule has 10 heteroatoms. The van der Waals surface area contributed by atoms with Gasteiger partial charge in [-0.3, -0.25) is 0 Å². The first-order chi connectivity index (χ1) is 15.9. The van der Waals surface area contributed by atoms with Crippen molar-refractivity contribution in [3.05, 3.63) is 42.1 Å². The van der Waals surface area contributed by atoms with Crippen LogP contribution in [0.3, 0.4) is 0 Å². The molecule has 1 saturated heterocycles. The number of piperidine rings is 1. The van der Waals surface area contributed by atoms with Gasteiger partial charge in [0.15, 0.2) is 11.5 Å². The van der Waals surface area contributed by atoms with Crippen LogP contribution in [0, 0.1) is 5.82 Å². The summed E-state index contributed by atoms with van der Waals surface area (Å²) in [5.74, 6) is 1.43. The molecule has 1 atom stereocenters. The maximum Gasteiger partial charge on any atom is 0.223 e. The van der Waals surface area contributed by atoms with Crippen LogP contribution >= 0.6 is 0 Å². The minimum absolute atomic E-state index is 0.0790. The van der Waals surface area contributed by atoms with E-state index in [1.165, 1.54) is 23.8 Å². The first-order valence-corrected chi connectivity index (χ1v) is 11.0. The molecule has 1 unspecified atom stereocenters. The fourth-order valence-electron chi connectivity index (χ4n) is 4.31. The Labute approximate surface area is 190 Å². The molecule has 9 nitrogen and oxygen atoms in total. The van der Waals surface area contributed by atoms with E-state index in [-0.39, 0.29) is 18.0 Å². The van der Waals surface area contributed by atoms with Crippen molar-refractivity contribution >= 4 is 28.2 Å². The van der Waals surface area contributed by atoms with Crippen LogP contribution in [0.5, 0.6) is 11.6 Å². The minimum Gasteiger partial charge on any atom is -0.494 e. The number of hydrogen-bond acceptors (Lipinski definition) is 8. The Kier molecular flexibility index (Phi) is 5.35. The lowest BCUT2D eigenvalue weighted by atomic mass is 9.97. The van der Waals surface area contributed by atoms with E-state index < -0.39 is 5.82 Å². The molecule has 1 aliphatic heterocycles. The molecular formula is C23H26FN7O2. The van der Waals surface area contributed by atoms with E-state index in [9.17, 15) is 4.39 Å². The molecular weight excluding hydrogens is 425 g/mol. The van der Waals surface area contributed by atoms with Gasteiger partial charge >= 0.3 is 0 Å². The number of nitrogens with two attached hydrogens (primary N) is 1. The largest absolute Gasteiger partial charge is 0.494 e. The molecule has 1 aromatic carbocycles. The lowest BCUT2D eigenvalue weighted by Gasteiger charge is -2.33. The van der Waals surface area contributed by atoms with E-state index in [4.69, 9.17) is 20.2 Å². The summed E-state index contributed by atoms with van der Waals surface area (Å²) >= 11 is 0. The standard InChI is InChI=1S/C23H26FN7O2/c1-13(2)33-19-7-6-16(11-26-19)30-8-4-5-14(12-30)21-28-22-17-9-15(24)10-18(32-3)20(17)27-23(25)31(22)29-21/h6-7,9-11,13-14H,4-5,8,12H2,1-3H3,(H2,25,27). The van der Waals surface area contributed by atoms with Crippen molar-refractivity contribution in [2.75, 3.05) is 30.8 Å². The van der Waals surface area contributed by atoms with Crippen LogP contribution in [0.15, 0.2) is 30.5 Å². The molecule has 4 heterocycles. The SMILES string of the molecule is COc1cc(F)cc2c1nc(N)n1nc(C3CCCN(c4ccc(OC(C)C)nc4)C3)nc21. The topological polar surface area (TPSA) is 104 Å². The third-order valence-electron chi connectivity index (χ3n) is 5.80. The highest BCUT2D eigenvalue weighted by molar-refractivity contribution is 5.95. The summed E-state index contributed by atoms with van der Waals surface area (Å²) in [5.41, 5.74) is 8.12. The molecule has 1 aliphatic rings. The second-order valence-corrected chi connectivity index (χ2v) is 8.49. The summed E-state index contributed by atoms with van der Waals surface area (Å²) in [6.07, 6.45) is 3.84. The summed E-state index contributed by atoms with van der Waals surface area (Å²) in [6.45, 7) is 5.61. The predicted octanol–water partition coefficient (Wildman–Crippen LogP) is 3.57. The van der Waals surface area contributed by atoms with Gasteiger partial charge in [-0.15, -0.1) is 5.10 Å². The van der Waals surface area contributed by atoms with Crippen LogP contribution in [0.4, 0.5) is 16.0 Å². The maximum atomic E-state index is 14.2. The second-order valence-electron chi connectivity index (χ2n) is 8.49. The fraction of sp³-hybridized carbons (Fsp3) is 0.391. The van der Waals surface area contributed by atoms with Crippen LogP contribution in [0.2, 0.25) is 0 Å². The third kappa shape index (κ3) is 3.96. The minimum atomic E-state index is -0.432. The van der Waals surface area contributed by atoms with E-state index in [1.807, 2.05) is 32.2 Å². The summed E-state index contributed by atoms with van der Waals surface area (Å²) < 4.78 is 26.6. The van der Waals surface area contributed by atoms with Gasteiger partial charge in [-0.05, 0) is 38.8 Å². The Morgan fingerprint density at radius 1 is 1.21 bits per heavy atom. The molecule has 0 radical (unpaired) electrons. The molecule has 0 bridgehead atoms. The number of hydrogen-bond donors (Lipinski definition) is 1. The second kappa shape index (κ2) is 8.34. The maximum absolute atomic E-state index is 14.2. The molecule has 0 saturated carbocycles. The quantitative estimate of drug-likeness (QED) is 0.491. The van der Waals surface area contributed by atoms with E-state index >= 15 is 0 Å². The number of aromatic nitrogens is 5. The lowest BCUT2D eigenvalue weighted by molar-refractivity contribution is 0.232.